The number of carbonyl (C=O) groups excluding carboxylic acids is 1. The Hall–Kier alpha value is -1.14. The molecule has 1 saturated heterocycles. The highest BCUT2D eigenvalue weighted by Gasteiger charge is 2.40. The third kappa shape index (κ3) is 3.20. The summed E-state index contributed by atoms with van der Waals surface area (Å²) in [5.41, 5.74) is 5.81. The van der Waals surface area contributed by atoms with Crippen molar-refractivity contribution in [3.63, 3.8) is 0 Å². The molecule has 0 bridgehead atoms. The molecule has 0 spiro atoms. The lowest BCUT2D eigenvalue weighted by Crippen LogP contribution is -2.52. The molecule has 6 heteroatoms. The summed E-state index contributed by atoms with van der Waals surface area (Å²) < 4.78 is 5.19. The van der Waals surface area contributed by atoms with Gasteiger partial charge in [-0.25, -0.2) is 0 Å². The number of hydrogen-bond acceptors (Lipinski definition) is 4. The van der Waals surface area contributed by atoms with E-state index in [0.717, 1.165) is 6.42 Å². The lowest BCUT2D eigenvalue weighted by Gasteiger charge is -2.31. The Labute approximate surface area is 107 Å². The molecule has 0 aromatic carbocycles. The first-order valence-electron chi connectivity index (χ1n) is 6.39. The number of carbonyl (C=O) groups is 2. The first-order valence-corrected chi connectivity index (χ1v) is 6.39. The van der Waals surface area contributed by atoms with Crippen molar-refractivity contribution in [2.45, 2.75) is 38.8 Å². The minimum Gasteiger partial charge on any atom is -0.481 e. The highest BCUT2D eigenvalue weighted by atomic mass is 16.5. The molecule has 1 aliphatic heterocycles. The molecule has 3 atom stereocenters. The second-order valence-electron chi connectivity index (χ2n) is 4.57. The number of amides is 1. The van der Waals surface area contributed by atoms with E-state index in [2.05, 4.69) is 0 Å². The third-order valence-corrected chi connectivity index (χ3v) is 3.31. The van der Waals surface area contributed by atoms with Crippen molar-refractivity contribution in [3.05, 3.63) is 0 Å². The molecule has 0 aromatic heterocycles. The third-order valence-electron chi connectivity index (χ3n) is 3.31. The quantitative estimate of drug-likeness (QED) is 0.703. The Morgan fingerprint density at radius 2 is 2.11 bits per heavy atom. The topological polar surface area (TPSA) is 92.9 Å². The summed E-state index contributed by atoms with van der Waals surface area (Å²) in [6.45, 7) is 4.67. The largest absolute Gasteiger partial charge is 0.481 e. The summed E-state index contributed by atoms with van der Waals surface area (Å²) in [4.78, 5) is 24.8. The summed E-state index contributed by atoms with van der Waals surface area (Å²) in [6.07, 6.45) is 1.44. The fourth-order valence-corrected chi connectivity index (χ4v) is 2.29. The van der Waals surface area contributed by atoms with Gasteiger partial charge in [-0.1, -0.05) is 13.3 Å². The van der Waals surface area contributed by atoms with Crippen LogP contribution in [0.2, 0.25) is 0 Å². The van der Waals surface area contributed by atoms with Gasteiger partial charge < -0.3 is 20.5 Å². The number of rotatable bonds is 6. The highest BCUT2D eigenvalue weighted by molar-refractivity contribution is 5.83. The van der Waals surface area contributed by atoms with E-state index < -0.39 is 24.0 Å². The zero-order valence-corrected chi connectivity index (χ0v) is 11.0. The van der Waals surface area contributed by atoms with Crippen LogP contribution < -0.4 is 5.73 Å². The van der Waals surface area contributed by atoms with Crippen LogP contribution in [-0.2, 0) is 14.3 Å². The maximum atomic E-state index is 12.2. The molecule has 1 heterocycles. The minimum absolute atomic E-state index is 0.160. The molecule has 0 radical (unpaired) electrons. The van der Waals surface area contributed by atoms with Crippen LogP contribution in [0.3, 0.4) is 0 Å². The van der Waals surface area contributed by atoms with E-state index in [0.29, 0.717) is 13.0 Å². The molecule has 0 aromatic rings. The Morgan fingerprint density at radius 1 is 1.44 bits per heavy atom. The lowest BCUT2D eigenvalue weighted by molar-refractivity contribution is -0.145. The summed E-state index contributed by atoms with van der Waals surface area (Å²) >= 11 is 0. The van der Waals surface area contributed by atoms with Crippen molar-refractivity contribution in [2.75, 3.05) is 19.8 Å². The molecule has 1 fully saturated rings. The molecule has 0 saturated carbocycles. The fourth-order valence-electron chi connectivity index (χ4n) is 2.29. The Balaban J connectivity index is 2.76. The molecule has 6 nitrogen and oxygen atoms in total. The van der Waals surface area contributed by atoms with Gasteiger partial charge in [-0.15, -0.1) is 0 Å². The number of likely N-dealkylation sites (N-methyl/N-ethyl adjacent to an activating group) is 1. The van der Waals surface area contributed by atoms with E-state index in [9.17, 15) is 9.59 Å². The molecule has 1 aliphatic rings. The van der Waals surface area contributed by atoms with E-state index in [1.54, 1.807) is 4.90 Å². The number of aliphatic carboxylic acids is 1. The molecule has 0 aliphatic carbocycles. The van der Waals surface area contributed by atoms with Crippen molar-refractivity contribution < 1.29 is 19.4 Å². The fraction of sp³-hybridized carbons (Fsp3) is 0.833. The van der Waals surface area contributed by atoms with Gasteiger partial charge in [0.2, 0.25) is 5.91 Å². The van der Waals surface area contributed by atoms with Gasteiger partial charge in [0.25, 0.3) is 0 Å². The Bertz CT molecular complexity index is 308. The summed E-state index contributed by atoms with van der Waals surface area (Å²) in [5, 5.41) is 9.10. The summed E-state index contributed by atoms with van der Waals surface area (Å²) in [6, 6.07) is -0.951. The van der Waals surface area contributed by atoms with E-state index in [-0.39, 0.29) is 19.1 Å². The van der Waals surface area contributed by atoms with Crippen LogP contribution in [0.15, 0.2) is 0 Å². The zero-order chi connectivity index (χ0) is 13.7. The second kappa shape index (κ2) is 6.70. The minimum atomic E-state index is -0.923. The van der Waals surface area contributed by atoms with Gasteiger partial charge >= 0.3 is 5.97 Å². The first kappa shape index (κ1) is 14.9. The predicted octanol–water partition coefficient (Wildman–Crippen LogP) is 0.0619. The van der Waals surface area contributed by atoms with Crippen molar-refractivity contribution in [1.29, 1.82) is 0 Å². The molecule has 1 amide bonds. The molecule has 18 heavy (non-hydrogen) atoms. The van der Waals surface area contributed by atoms with Crippen LogP contribution in [0, 0.1) is 5.92 Å². The molecule has 3 N–H and O–H groups in total. The lowest BCUT2D eigenvalue weighted by atomic mass is 10.0. The van der Waals surface area contributed by atoms with Gasteiger partial charge in [-0.2, -0.15) is 0 Å². The van der Waals surface area contributed by atoms with Crippen molar-refractivity contribution in [3.8, 4) is 0 Å². The van der Waals surface area contributed by atoms with Crippen LogP contribution in [0.25, 0.3) is 0 Å². The van der Waals surface area contributed by atoms with Gasteiger partial charge in [-0.3, -0.25) is 9.59 Å². The normalized spacial score (nSPS) is 24.8. The van der Waals surface area contributed by atoms with Gasteiger partial charge in [0, 0.05) is 6.54 Å². The van der Waals surface area contributed by atoms with Crippen LogP contribution >= 0.6 is 0 Å². The number of ether oxygens (including phenoxy) is 1. The van der Waals surface area contributed by atoms with Crippen LogP contribution in [0.5, 0.6) is 0 Å². The Kier molecular flexibility index (Phi) is 5.55. The van der Waals surface area contributed by atoms with E-state index in [1.165, 1.54) is 0 Å². The first-order chi connectivity index (χ1) is 8.52. The second-order valence-corrected chi connectivity index (χ2v) is 4.57. The summed E-state index contributed by atoms with van der Waals surface area (Å²) in [7, 11) is 0. The highest BCUT2D eigenvalue weighted by Crippen LogP contribution is 2.21. The number of nitrogens with two attached hydrogens (primary N) is 1. The average molecular weight is 258 g/mol. The number of hydrogen-bond donors (Lipinski definition) is 2. The average Bonchev–Trinajstić information content (AvgIpc) is 2.79. The maximum Gasteiger partial charge on any atom is 0.311 e. The van der Waals surface area contributed by atoms with Crippen molar-refractivity contribution in [1.82, 2.24) is 4.90 Å². The zero-order valence-electron chi connectivity index (χ0n) is 11.0. The van der Waals surface area contributed by atoms with Gasteiger partial charge in [0.15, 0.2) is 0 Å². The van der Waals surface area contributed by atoms with E-state index in [1.807, 2.05) is 13.8 Å². The van der Waals surface area contributed by atoms with Crippen LogP contribution in [0.4, 0.5) is 0 Å². The molecular formula is C12H22N2O4. The number of carboxylic acid groups (broad SMARTS) is 1. The van der Waals surface area contributed by atoms with Crippen LogP contribution in [-0.4, -0.2) is 53.7 Å². The van der Waals surface area contributed by atoms with E-state index in [4.69, 9.17) is 15.6 Å². The SMILES string of the molecule is CCC[C@@H](N)C(=O)N(CC)C1COCC1C(=O)O. The maximum absolute atomic E-state index is 12.2. The van der Waals surface area contributed by atoms with Crippen molar-refractivity contribution >= 4 is 11.9 Å². The monoisotopic (exact) mass is 258 g/mol. The van der Waals surface area contributed by atoms with Gasteiger partial charge in [-0.05, 0) is 13.3 Å². The number of nitrogens with zero attached hydrogens (tertiary/aromatic N) is 1. The van der Waals surface area contributed by atoms with Crippen LogP contribution in [0.1, 0.15) is 26.7 Å². The molecule has 2 unspecified atom stereocenters. The number of carboxylic acids is 1. The smallest absolute Gasteiger partial charge is 0.311 e. The molecule has 104 valence electrons. The summed E-state index contributed by atoms with van der Waals surface area (Å²) in [5.74, 6) is -1.75. The van der Waals surface area contributed by atoms with Gasteiger partial charge in [0.1, 0.15) is 5.92 Å². The van der Waals surface area contributed by atoms with Crippen molar-refractivity contribution in [2.24, 2.45) is 11.7 Å². The molecule has 1 rings (SSSR count). The Morgan fingerprint density at radius 3 is 2.61 bits per heavy atom. The van der Waals surface area contributed by atoms with Gasteiger partial charge in [0.05, 0.1) is 25.3 Å². The molecular weight excluding hydrogens is 236 g/mol. The van der Waals surface area contributed by atoms with E-state index >= 15 is 0 Å². The predicted molar refractivity (Wildman–Crippen MR) is 66.0 cm³/mol. The standard InChI is InChI=1S/C12H22N2O4/c1-3-5-9(13)11(15)14(4-2)10-7-18-6-8(10)12(16)17/h8-10H,3-7,13H2,1-2H3,(H,16,17)/t8?,9-,10?/m1/s1.